The second-order valence-corrected chi connectivity index (χ2v) is 6.39. The summed E-state index contributed by atoms with van der Waals surface area (Å²) in [6.45, 7) is 5.73. The molecule has 1 atom stereocenters. The summed E-state index contributed by atoms with van der Waals surface area (Å²) in [7, 11) is 2.17. The minimum Gasteiger partial charge on any atom is -0.373 e. The number of nitrogens with zero attached hydrogens (tertiary/aromatic N) is 2. The molecule has 1 unspecified atom stereocenters. The molecule has 1 heterocycles. The highest BCUT2D eigenvalue weighted by molar-refractivity contribution is 9.10. The maximum absolute atomic E-state index is 6.05. The van der Waals surface area contributed by atoms with Crippen LogP contribution in [-0.2, 0) is 5.88 Å². The third-order valence-corrected chi connectivity index (χ3v) is 4.77. The van der Waals surface area contributed by atoms with Crippen molar-refractivity contribution in [2.24, 2.45) is 0 Å². The monoisotopic (exact) mass is 344 g/mol. The molecule has 0 spiro atoms. The van der Waals surface area contributed by atoms with Gasteiger partial charge in [0, 0.05) is 35.7 Å². The molecule has 0 N–H and O–H groups in total. The lowest BCUT2D eigenvalue weighted by atomic mass is 10.1. The molecule has 106 valence electrons. The van der Waals surface area contributed by atoms with Crippen molar-refractivity contribution >= 4 is 33.2 Å². The van der Waals surface area contributed by atoms with Crippen molar-refractivity contribution in [2.45, 2.75) is 31.7 Å². The number of alkyl halides is 1. The topological polar surface area (TPSA) is 6.48 Å². The summed E-state index contributed by atoms with van der Waals surface area (Å²) in [6.07, 6.45) is 2.63. The number of likely N-dealkylation sites (tertiary alicyclic amines) is 1. The van der Waals surface area contributed by atoms with Gasteiger partial charge in [-0.25, -0.2) is 0 Å². The van der Waals surface area contributed by atoms with Crippen molar-refractivity contribution in [2.75, 3.05) is 31.6 Å². The quantitative estimate of drug-likeness (QED) is 0.741. The molecule has 4 heteroatoms. The van der Waals surface area contributed by atoms with Crippen LogP contribution < -0.4 is 4.90 Å². The normalized spacial score (nSPS) is 19.9. The lowest BCUT2D eigenvalue weighted by molar-refractivity contribution is 0.270. The molecule has 1 aliphatic heterocycles. The highest BCUT2D eigenvalue weighted by atomic mass is 79.9. The molecular formula is C15H22BrClN2. The lowest BCUT2D eigenvalue weighted by Crippen LogP contribution is -2.39. The number of likely N-dealkylation sites (N-methyl/N-ethyl adjacent to an activating group) is 2. The van der Waals surface area contributed by atoms with Gasteiger partial charge < -0.3 is 4.90 Å². The van der Waals surface area contributed by atoms with Gasteiger partial charge in [0.25, 0.3) is 0 Å². The van der Waals surface area contributed by atoms with Gasteiger partial charge in [0.2, 0.25) is 0 Å². The van der Waals surface area contributed by atoms with E-state index in [0.29, 0.717) is 11.9 Å². The van der Waals surface area contributed by atoms with E-state index in [1.165, 1.54) is 30.6 Å². The van der Waals surface area contributed by atoms with Crippen LogP contribution in [0.3, 0.4) is 0 Å². The first-order valence-electron chi connectivity index (χ1n) is 6.95. The molecule has 1 aromatic carbocycles. The number of hydrogen-bond donors (Lipinski definition) is 0. The van der Waals surface area contributed by atoms with Crippen LogP contribution >= 0.6 is 27.5 Å². The van der Waals surface area contributed by atoms with Crippen LogP contribution in [0.2, 0.25) is 0 Å². The molecule has 1 aromatic rings. The summed E-state index contributed by atoms with van der Waals surface area (Å²) < 4.78 is 1.11. The van der Waals surface area contributed by atoms with Gasteiger partial charge in [-0.05, 0) is 43.6 Å². The largest absolute Gasteiger partial charge is 0.373 e. The summed E-state index contributed by atoms with van der Waals surface area (Å²) in [6, 6.07) is 7.01. The Hall–Kier alpha value is -0.250. The van der Waals surface area contributed by atoms with Gasteiger partial charge >= 0.3 is 0 Å². The summed E-state index contributed by atoms with van der Waals surface area (Å²) in [5.74, 6) is 0.565. The zero-order valence-electron chi connectivity index (χ0n) is 11.7. The van der Waals surface area contributed by atoms with Crippen LogP contribution in [0.15, 0.2) is 22.7 Å². The summed E-state index contributed by atoms with van der Waals surface area (Å²) in [5.41, 5.74) is 2.45. The number of anilines is 1. The Bertz CT molecular complexity index is 425. The molecule has 0 aliphatic carbocycles. The second-order valence-electron chi connectivity index (χ2n) is 5.21. The molecule has 0 amide bonds. The molecular weight excluding hydrogens is 324 g/mol. The molecule has 0 radical (unpaired) electrons. The predicted molar refractivity (Wildman–Crippen MR) is 87.2 cm³/mol. The maximum atomic E-state index is 6.05. The predicted octanol–water partition coefficient (Wildman–Crippen LogP) is 4.11. The van der Waals surface area contributed by atoms with E-state index < -0.39 is 0 Å². The highest BCUT2D eigenvalue weighted by Crippen LogP contribution is 2.27. The first-order chi connectivity index (χ1) is 9.15. The van der Waals surface area contributed by atoms with Gasteiger partial charge in [-0.3, -0.25) is 4.90 Å². The van der Waals surface area contributed by atoms with Crippen LogP contribution in [0, 0.1) is 0 Å². The van der Waals surface area contributed by atoms with Crippen molar-refractivity contribution in [3.05, 3.63) is 28.2 Å². The molecule has 1 aliphatic rings. The fourth-order valence-corrected chi connectivity index (χ4v) is 3.51. The summed E-state index contributed by atoms with van der Waals surface area (Å²) >= 11 is 9.60. The average Bonchev–Trinajstić information content (AvgIpc) is 2.85. The molecule has 19 heavy (non-hydrogen) atoms. The molecule has 1 fully saturated rings. The fraction of sp³-hybridized carbons (Fsp3) is 0.600. The number of halogens is 2. The number of rotatable bonds is 5. The molecule has 0 aromatic heterocycles. The Balaban J connectivity index is 2.11. The second kappa shape index (κ2) is 6.96. The lowest BCUT2D eigenvalue weighted by Gasteiger charge is -2.30. The van der Waals surface area contributed by atoms with E-state index in [4.69, 9.17) is 11.6 Å². The Kier molecular flexibility index (Phi) is 5.55. The molecule has 2 nitrogen and oxygen atoms in total. The molecule has 0 saturated carbocycles. The maximum Gasteiger partial charge on any atom is 0.0494 e. The van der Waals surface area contributed by atoms with Crippen molar-refractivity contribution in [3.63, 3.8) is 0 Å². The molecule has 1 saturated heterocycles. The summed E-state index contributed by atoms with van der Waals surface area (Å²) in [5, 5.41) is 0. The first-order valence-corrected chi connectivity index (χ1v) is 8.28. The van der Waals surface area contributed by atoms with Gasteiger partial charge in [0.1, 0.15) is 0 Å². The van der Waals surface area contributed by atoms with Gasteiger partial charge in [-0.1, -0.05) is 28.9 Å². The van der Waals surface area contributed by atoms with Crippen molar-refractivity contribution in [1.82, 2.24) is 4.90 Å². The van der Waals surface area contributed by atoms with Crippen LogP contribution in [0.1, 0.15) is 25.3 Å². The van der Waals surface area contributed by atoms with E-state index >= 15 is 0 Å². The smallest absolute Gasteiger partial charge is 0.0494 e. The summed E-state index contributed by atoms with van der Waals surface area (Å²) in [4.78, 5) is 4.93. The zero-order chi connectivity index (χ0) is 13.8. The number of hydrogen-bond acceptors (Lipinski definition) is 2. The van der Waals surface area contributed by atoms with E-state index in [0.717, 1.165) is 17.6 Å². The third kappa shape index (κ3) is 3.65. The van der Waals surface area contributed by atoms with Crippen molar-refractivity contribution < 1.29 is 0 Å². The fourth-order valence-electron chi connectivity index (χ4n) is 2.94. The van der Waals surface area contributed by atoms with E-state index in [9.17, 15) is 0 Å². The molecule has 2 rings (SSSR count). The first kappa shape index (κ1) is 15.1. The molecule has 0 bridgehead atoms. The SMILES string of the molecule is CCN1CCCC1CN(C)c1cc(Br)ccc1CCl. The van der Waals surface area contributed by atoms with Crippen LogP contribution in [0.25, 0.3) is 0 Å². The average molecular weight is 346 g/mol. The van der Waals surface area contributed by atoms with Crippen molar-refractivity contribution in [1.29, 1.82) is 0 Å². The van der Waals surface area contributed by atoms with E-state index in [2.05, 4.69) is 57.9 Å². The van der Waals surface area contributed by atoms with Crippen molar-refractivity contribution in [3.8, 4) is 0 Å². The van der Waals surface area contributed by atoms with E-state index in [-0.39, 0.29) is 0 Å². The van der Waals surface area contributed by atoms with Crippen LogP contribution in [0.5, 0.6) is 0 Å². The Morgan fingerprint density at radius 2 is 2.26 bits per heavy atom. The minimum atomic E-state index is 0.565. The van der Waals surface area contributed by atoms with E-state index in [1.54, 1.807) is 0 Å². The van der Waals surface area contributed by atoms with Gasteiger partial charge in [-0.2, -0.15) is 0 Å². The minimum absolute atomic E-state index is 0.565. The van der Waals surface area contributed by atoms with Gasteiger partial charge in [0.05, 0.1) is 0 Å². The Morgan fingerprint density at radius 3 is 2.95 bits per heavy atom. The van der Waals surface area contributed by atoms with Gasteiger partial charge in [-0.15, -0.1) is 11.6 Å². The Morgan fingerprint density at radius 1 is 1.47 bits per heavy atom. The van der Waals surface area contributed by atoms with Gasteiger partial charge in [0.15, 0.2) is 0 Å². The zero-order valence-corrected chi connectivity index (χ0v) is 14.0. The van der Waals surface area contributed by atoms with Crippen LogP contribution in [0.4, 0.5) is 5.69 Å². The Labute approximate surface area is 129 Å². The van der Waals surface area contributed by atoms with E-state index in [1.807, 2.05) is 0 Å². The highest BCUT2D eigenvalue weighted by Gasteiger charge is 2.24. The third-order valence-electron chi connectivity index (χ3n) is 3.99. The standard InChI is InChI=1S/C15H22BrClN2/c1-3-19-8-4-5-14(19)11-18(2)15-9-13(16)7-6-12(15)10-17/h6-7,9,14H,3-5,8,10-11H2,1-2H3. The number of benzene rings is 1. The van der Waals surface area contributed by atoms with Crippen LogP contribution in [-0.4, -0.2) is 37.6 Å².